The molecule has 6 bridgehead atoms. The summed E-state index contributed by atoms with van der Waals surface area (Å²) < 4.78 is 24.6. The van der Waals surface area contributed by atoms with Crippen molar-refractivity contribution in [3.63, 3.8) is 0 Å². The molecule has 1 aromatic carbocycles. The van der Waals surface area contributed by atoms with Crippen LogP contribution in [0.25, 0.3) is 0 Å². The molecule has 0 saturated carbocycles. The van der Waals surface area contributed by atoms with E-state index in [-0.39, 0.29) is 51.6 Å². The van der Waals surface area contributed by atoms with E-state index in [2.05, 4.69) is 19.2 Å². The molecular formula is C35H39NO9. The van der Waals surface area contributed by atoms with Gasteiger partial charge in [-0.05, 0) is 51.0 Å². The first-order valence-electron chi connectivity index (χ1n) is 15.3. The highest BCUT2D eigenvalue weighted by Gasteiger charge is 2.52. The smallest absolute Gasteiger partial charge is 0.312 e. The molecule has 0 saturated heterocycles. The number of carbonyl (C=O) groups is 5. The van der Waals surface area contributed by atoms with E-state index in [1.807, 2.05) is 13.0 Å². The Balaban J connectivity index is 1.80. The number of amides is 1. The highest BCUT2D eigenvalue weighted by molar-refractivity contribution is 6.31. The lowest BCUT2D eigenvalue weighted by molar-refractivity contribution is -0.155. The van der Waals surface area contributed by atoms with Crippen LogP contribution in [0.1, 0.15) is 97.4 Å². The number of hydrogen-bond acceptors (Lipinski definition) is 9. The number of allylic oxidation sites excluding steroid dienone is 6. The summed E-state index contributed by atoms with van der Waals surface area (Å²) in [6, 6.07) is 0. The van der Waals surface area contributed by atoms with Crippen LogP contribution in [0.5, 0.6) is 11.5 Å². The van der Waals surface area contributed by atoms with Gasteiger partial charge in [-0.25, -0.2) is 0 Å². The molecule has 238 valence electrons. The predicted octanol–water partition coefficient (Wildman–Crippen LogP) is 5.48. The number of esters is 1. The zero-order valence-corrected chi connectivity index (χ0v) is 26.6. The fourth-order valence-electron chi connectivity index (χ4n) is 6.45. The minimum absolute atomic E-state index is 0.0278. The Morgan fingerprint density at radius 2 is 1.76 bits per heavy atom. The van der Waals surface area contributed by atoms with Gasteiger partial charge in [0, 0.05) is 37.0 Å². The van der Waals surface area contributed by atoms with E-state index in [0.717, 1.165) is 12.5 Å². The third-order valence-corrected chi connectivity index (χ3v) is 8.76. The molecule has 6 atom stereocenters. The maximum absolute atomic E-state index is 14.2. The van der Waals surface area contributed by atoms with Crippen molar-refractivity contribution in [2.75, 3.05) is 0 Å². The number of ketones is 3. The Bertz CT molecular complexity index is 1610. The second-order valence-corrected chi connectivity index (χ2v) is 12.7. The Morgan fingerprint density at radius 3 is 2.47 bits per heavy atom. The molecule has 0 radical (unpaired) electrons. The molecule has 10 nitrogen and oxygen atoms in total. The Kier molecular flexibility index (Phi) is 8.62. The second-order valence-electron chi connectivity index (χ2n) is 12.7. The standard InChI is InChI=1S/C35H39NO9/c1-17-10-8-11-20(4)34(41)36-23-16-24(38)26-27(29(23)39)31-21(5)32-28(26)33(40)35(7,45-32)42-13-9-12-19(3)30(43-22(6)37)25(44-31)15-18(2)14-17/h8-11,13,16-19,25,30H,12,14-15H2,1-7H3,(H,36,41)/b10-8+,13-9+,20-11-/t17?,18-,19-,25?,30?,35+/m1/s1. The third kappa shape index (κ3) is 5.98. The number of ether oxygens (including phenoxy) is 4. The van der Waals surface area contributed by atoms with Crippen molar-refractivity contribution < 1.29 is 42.9 Å². The lowest BCUT2D eigenvalue weighted by Crippen LogP contribution is -2.42. The van der Waals surface area contributed by atoms with Crippen LogP contribution in [0, 0.1) is 24.7 Å². The van der Waals surface area contributed by atoms with Gasteiger partial charge in [0.2, 0.25) is 5.78 Å². The van der Waals surface area contributed by atoms with Crippen molar-refractivity contribution in [2.24, 2.45) is 17.8 Å². The molecule has 3 aliphatic heterocycles. The largest absolute Gasteiger partial charge is 0.485 e. The van der Waals surface area contributed by atoms with E-state index >= 15 is 0 Å². The summed E-state index contributed by atoms with van der Waals surface area (Å²) in [4.78, 5) is 67.4. The maximum atomic E-state index is 14.2. The first-order valence-corrected chi connectivity index (χ1v) is 15.3. The normalized spacial score (nSPS) is 32.5. The van der Waals surface area contributed by atoms with Crippen molar-refractivity contribution in [2.45, 2.75) is 85.7 Å². The Morgan fingerprint density at radius 1 is 1.02 bits per heavy atom. The molecule has 3 unspecified atom stereocenters. The lowest BCUT2D eigenvalue weighted by Gasteiger charge is -2.34. The first-order chi connectivity index (χ1) is 21.2. The molecule has 3 heterocycles. The molecule has 0 fully saturated rings. The molecular weight excluding hydrogens is 578 g/mol. The van der Waals surface area contributed by atoms with Crippen molar-refractivity contribution in [1.82, 2.24) is 5.32 Å². The average molecular weight is 618 g/mol. The first kappa shape index (κ1) is 31.9. The molecule has 0 aromatic heterocycles. The highest BCUT2D eigenvalue weighted by Crippen LogP contribution is 2.49. The summed E-state index contributed by atoms with van der Waals surface area (Å²) in [5.74, 6) is -4.79. The predicted molar refractivity (Wildman–Crippen MR) is 164 cm³/mol. The van der Waals surface area contributed by atoms with Crippen LogP contribution in [0.2, 0.25) is 0 Å². The molecule has 1 N–H and O–H groups in total. The summed E-state index contributed by atoms with van der Waals surface area (Å²) in [5, 5.41) is 2.58. The second kappa shape index (κ2) is 12.1. The number of rotatable bonds is 1. The van der Waals surface area contributed by atoms with Gasteiger partial charge in [-0.1, -0.05) is 39.0 Å². The van der Waals surface area contributed by atoms with Gasteiger partial charge >= 0.3 is 11.8 Å². The van der Waals surface area contributed by atoms with Crippen molar-refractivity contribution >= 4 is 29.2 Å². The Hall–Kier alpha value is -4.47. The van der Waals surface area contributed by atoms with E-state index in [9.17, 15) is 24.0 Å². The molecule has 45 heavy (non-hydrogen) atoms. The quantitative estimate of drug-likeness (QED) is 0.406. The van der Waals surface area contributed by atoms with Gasteiger partial charge in [0.15, 0.2) is 5.78 Å². The molecule has 5 rings (SSSR count). The monoisotopic (exact) mass is 617 g/mol. The van der Waals surface area contributed by atoms with Crippen molar-refractivity contribution in [3.8, 4) is 11.5 Å². The van der Waals surface area contributed by atoms with Crippen LogP contribution in [-0.2, 0) is 19.1 Å². The number of Topliss-reactive ketones (excluding diaryl/α,β-unsaturated/α-hetero) is 2. The van der Waals surface area contributed by atoms with Gasteiger partial charge in [0.25, 0.3) is 11.7 Å². The van der Waals surface area contributed by atoms with Crippen molar-refractivity contribution in [1.29, 1.82) is 0 Å². The summed E-state index contributed by atoms with van der Waals surface area (Å²) >= 11 is 0. The van der Waals surface area contributed by atoms with Crippen molar-refractivity contribution in [3.05, 3.63) is 70.2 Å². The molecule has 4 aliphatic rings. The van der Waals surface area contributed by atoms with Gasteiger partial charge in [-0.3, -0.25) is 24.0 Å². The lowest BCUT2D eigenvalue weighted by atomic mass is 9.83. The topological polar surface area (TPSA) is 134 Å². The number of fused-ring (bicyclic) bond motifs is 4. The van der Waals surface area contributed by atoms with Crippen LogP contribution < -0.4 is 14.8 Å². The van der Waals surface area contributed by atoms with Crippen LogP contribution >= 0.6 is 0 Å². The van der Waals surface area contributed by atoms with Gasteiger partial charge in [-0.15, -0.1) is 0 Å². The van der Waals surface area contributed by atoms with Crippen LogP contribution in [0.4, 0.5) is 0 Å². The molecule has 1 aliphatic carbocycles. The fourth-order valence-corrected chi connectivity index (χ4v) is 6.45. The zero-order valence-electron chi connectivity index (χ0n) is 26.6. The third-order valence-electron chi connectivity index (χ3n) is 8.76. The van der Waals surface area contributed by atoms with E-state index in [0.29, 0.717) is 24.0 Å². The molecule has 1 amide bonds. The summed E-state index contributed by atoms with van der Waals surface area (Å²) in [5.41, 5.74) is -0.0196. The van der Waals surface area contributed by atoms with E-state index in [1.165, 1.54) is 20.1 Å². The SMILES string of the molecule is CC(=O)OC1C2C[C@H](C)CC(C)/C=C/C=C(/C)C(=O)NC3=CC(=O)c4c(c(c(C)c5c4C(=O)[C@@](C)(O/C=C/C[C@H]1C)O5)O2)C3=O. The van der Waals surface area contributed by atoms with E-state index in [1.54, 1.807) is 32.1 Å². The fraction of sp³-hybridized carbons (Fsp3) is 0.457. The Labute approximate surface area is 262 Å². The van der Waals surface area contributed by atoms with Crippen LogP contribution in [-0.4, -0.2) is 47.2 Å². The number of carbonyl (C=O) groups excluding carboxylic acids is 5. The minimum Gasteiger partial charge on any atom is -0.485 e. The summed E-state index contributed by atoms with van der Waals surface area (Å²) in [6.07, 6.45) is 9.68. The number of nitrogens with one attached hydrogen (secondary N) is 1. The van der Waals surface area contributed by atoms with E-state index < -0.39 is 47.2 Å². The molecule has 1 aromatic rings. The minimum atomic E-state index is -1.81. The summed E-state index contributed by atoms with van der Waals surface area (Å²) in [7, 11) is 0. The number of hydrogen-bond donors (Lipinski definition) is 1. The van der Waals surface area contributed by atoms with Crippen LogP contribution in [0.3, 0.4) is 0 Å². The van der Waals surface area contributed by atoms with Gasteiger partial charge < -0.3 is 24.3 Å². The highest BCUT2D eigenvalue weighted by atomic mass is 16.7. The summed E-state index contributed by atoms with van der Waals surface area (Å²) in [6.45, 7) is 12.1. The van der Waals surface area contributed by atoms with Gasteiger partial charge in [0.1, 0.15) is 23.7 Å². The average Bonchev–Trinajstić information content (AvgIpc) is 3.22. The molecule has 0 spiro atoms. The number of benzene rings is 1. The molecule has 10 heteroatoms. The zero-order chi connectivity index (χ0) is 32.8. The van der Waals surface area contributed by atoms with Gasteiger partial charge in [0.05, 0.1) is 28.6 Å². The van der Waals surface area contributed by atoms with Gasteiger partial charge in [-0.2, -0.15) is 0 Å². The maximum Gasteiger partial charge on any atom is 0.312 e. The van der Waals surface area contributed by atoms with E-state index in [4.69, 9.17) is 18.9 Å². The van der Waals surface area contributed by atoms with Crippen LogP contribution in [0.15, 0.2) is 47.9 Å².